The summed E-state index contributed by atoms with van der Waals surface area (Å²) in [6.07, 6.45) is 1.24. The van der Waals surface area contributed by atoms with Gasteiger partial charge < -0.3 is 5.32 Å². The van der Waals surface area contributed by atoms with Crippen molar-refractivity contribution < 1.29 is 4.58 Å². The third-order valence-electron chi connectivity index (χ3n) is 2.36. The minimum atomic E-state index is 0.706. The van der Waals surface area contributed by atoms with Gasteiger partial charge in [0.1, 0.15) is 19.8 Å². The van der Waals surface area contributed by atoms with Crippen LogP contribution in [0.1, 0.15) is 13.3 Å². The van der Waals surface area contributed by atoms with Gasteiger partial charge in [-0.15, -0.1) is 0 Å². The molecule has 58 valence electrons. The molecule has 0 aromatic carbocycles. The maximum Gasteiger partial charge on any atom is 0.146 e. The van der Waals surface area contributed by atoms with E-state index < -0.39 is 0 Å². The fourth-order valence-corrected chi connectivity index (χ4v) is 1.66. The third kappa shape index (κ3) is 1.57. The predicted octanol–water partition coefficient (Wildman–Crippen LogP) is 0.327. The zero-order chi connectivity index (χ0) is 7.56. The van der Waals surface area contributed by atoms with Gasteiger partial charge in [0.05, 0.1) is 0 Å². The Morgan fingerprint density at radius 3 is 2.80 bits per heavy atom. The molecule has 2 heteroatoms. The van der Waals surface area contributed by atoms with E-state index in [1.807, 2.05) is 7.05 Å². The molecule has 1 heterocycles. The fourth-order valence-electron chi connectivity index (χ4n) is 1.66. The van der Waals surface area contributed by atoms with Crippen LogP contribution in [-0.4, -0.2) is 37.5 Å². The minimum absolute atomic E-state index is 0.706. The highest BCUT2D eigenvalue weighted by atomic mass is 15.0. The molecule has 1 N–H and O–H groups in total. The first-order valence-corrected chi connectivity index (χ1v) is 3.96. The fraction of sp³-hybridized carbons (Fsp3) is 0.875. The summed E-state index contributed by atoms with van der Waals surface area (Å²) in [5.41, 5.74) is 0. The number of hydrogen-bond acceptors (Lipinski definition) is 1. The van der Waals surface area contributed by atoms with Crippen molar-refractivity contribution in [1.29, 1.82) is 0 Å². The lowest BCUT2D eigenvalue weighted by atomic mass is 9.95. The zero-order valence-corrected chi connectivity index (χ0v) is 6.93. The Hall–Kier alpha value is -0.370. The Morgan fingerprint density at radius 2 is 2.30 bits per heavy atom. The van der Waals surface area contributed by atoms with Gasteiger partial charge in [-0.2, -0.15) is 0 Å². The second-order valence-corrected chi connectivity index (χ2v) is 3.24. The molecule has 1 fully saturated rings. The molecule has 2 atom stereocenters. The average Bonchev–Trinajstić information content (AvgIpc) is 1.88. The number of nitrogens with zero attached hydrogens (tertiary/aromatic N) is 1. The number of piperidine rings is 1. The summed E-state index contributed by atoms with van der Waals surface area (Å²) in [7, 11) is 2.04. The normalized spacial score (nSPS) is 34.4. The SMILES string of the molecule is C=[N+]1CCC(NC)C(C)C1. The standard InChI is InChI=1S/C8H17N2/c1-7-6-10(3)5-4-8(7)9-2/h7-9H,3-6H2,1-2H3/q+1. The summed E-state index contributed by atoms with van der Waals surface area (Å²) >= 11 is 0. The van der Waals surface area contributed by atoms with Crippen LogP contribution in [0.25, 0.3) is 0 Å². The smallest absolute Gasteiger partial charge is 0.146 e. The van der Waals surface area contributed by atoms with Gasteiger partial charge >= 0.3 is 0 Å². The average molecular weight is 141 g/mol. The van der Waals surface area contributed by atoms with E-state index in [0.717, 1.165) is 19.0 Å². The summed E-state index contributed by atoms with van der Waals surface area (Å²) in [6, 6.07) is 0.706. The first kappa shape index (κ1) is 7.73. The Labute approximate surface area is 62.9 Å². The summed E-state index contributed by atoms with van der Waals surface area (Å²) < 4.78 is 2.15. The second-order valence-electron chi connectivity index (χ2n) is 3.24. The largest absolute Gasteiger partial charge is 0.316 e. The van der Waals surface area contributed by atoms with Crippen LogP contribution in [0.15, 0.2) is 0 Å². The van der Waals surface area contributed by atoms with Gasteiger partial charge in [0.25, 0.3) is 0 Å². The highest BCUT2D eigenvalue weighted by molar-refractivity contribution is 5.14. The van der Waals surface area contributed by atoms with Crippen LogP contribution < -0.4 is 5.32 Å². The second kappa shape index (κ2) is 3.15. The van der Waals surface area contributed by atoms with Crippen LogP contribution in [0.2, 0.25) is 0 Å². The molecule has 1 aliphatic rings. The van der Waals surface area contributed by atoms with Crippen molar-refractivity contribution in [3.8, 4) is 0 Å². The molecule has 1 saturated heterocycles. The van der Waals surface area contributed by atoms with E-state index in [1.165, 1.54) is 6.42 Å². The monoisotopic (exact) mass is 141 g/mol. The molecule has 0 spiro atoms. The summed E-state index contributed by atoms with van der Waals surface area (Å²) in [6.45, 7) is 8.46. The van der Waals surface area contributed by atoms with Crippen molar-refractivity contribution in [2.75, 3.05) is 20.1 Å². The van der Waals surface area contributed by atoms with Crippen molar-refractivity contribution >= 4 is 6.72 Å². The molecule has 0 aliphatic carbocycles. The molecule has 2 unspecified atom stereocenters. The lowest BCUT2D eigenvalue weighted by molar-refractivity contribution is -0.538. The molecule has 10 heavy (non-hydrogen) atoms. The van der Waals surface area contributed by atoms with Crippen molar-refractivity contribution in [3.63, 3.8) is 0 Å². The number of rotatable bonds is 1. The van der Waals surface area contributed by atoms with Gasteiger partial charge in [-0.1, -0.05) is 6.92 Å². The Morgan fingerprint density at radius 1 is 1.60 bits per heavy atom. The number of nitrogens with one attached hydrogen (secondary N) is 1. The van der Waals surface area contributed by atoms with E-state index in [1.54, 1.807) is 0 Å². The summed E-state index contributed by atoms with van der Waals surface area (Å²) in [5, 5.41) is 3.32. The van der Waals surface area contributed by atoms with Crippen molar-refractivity contribution in [3.05, 3.63) is 0 Å². The zero-order valence-electron chi connectivity index (χ0n) is 6.93. The lowest BCUT2D eigenvalue weighted by Crippen LogP contribution is -2.43. The van der Waals surface area contributed by atoms with Crippen LogP contribution in [0.5, 0.6) is 0 Å². The van der Waals surface area contributed by atoms with Crippen molar-refractivity contribution in [2.45, 2.75) is 19.4 Å². The molecule has 0 saturated carbocycles. The molecule has 0 radical (unpaired) electrons. The molecule has 2 nitrogen and oxygen atoms in total. The molecule has 0 aromatic rings. The summed E-state index contributed by atoms with van der Waals surface area (Å²) in [4.78, 5) is 0. The van der Waals surface area contributed by atoms with Gasteiger partial charge in [0.15, 0.2) is 0 Å². The predicted molar refractivity (Wildman–Crippen MR) is 43.7 cm³/mol. The summed E-state index contributed by atoms with van der Waals surface area (Å²) in [5.74, 6) is 0.747. The van der Waals surface area contributed by atoms with E-state index in [4.69, 9.17) is 0 Å². The molecule has 0 amide bonds. The van der Waals surface area contributed by atoms with Gasteiger partial charge in [-0.05, 0) is 7.05 Å². The van der Waals surface area contributed by atoms with E-state index in [9.17, 15) is 0 Å². The first-order valence-electron chi connectivity index (χ1n) is 3.96. The Balaban J connectivity index is 2.43. The first-order chi connectivity index (χ1) is 4.74. The quantitative estimate of drug-likeness (QED) is 0.520. The highest BCUT2D eigenvalue weighted by Gasteiger charge is 2.25. The van der Waals surface area contributed by atoms with Crippen LogP contribution >= 0.6 is 0 Å². The van der Waals surface area contributed by atoms with Gasteiger partial charge in [-0.3, -0.25) is 0 Å². The van der Waals surface area contributed by atoms with Gasteiger partial charge in [0.2, 0.25) is 0 Å². The molecule has 1 rings (SSSR count). The van der Waals surface area contributed by atoms with Crippen molar-refractivity contribution in [1.82, 2.24) is 5.32 Å². The van der Waals surface area contributed by atoms with Gasteiger partial charge in [-0.25, -0.2) is 4.58 Å². The van der Waals surface area contributed by atoms with Crippen LogP contribution in [0.4, 0.5) is 0 Å². The van der Waals surface area contributed by atoms with E-state index >= 15 is 0 Å². The molecule has 1 aliphatic heterocycles. The molecule has 0 aromatic heterocycles. The van der Waals surface area contributed by atoms with E-state index in [-0.39, 0.29) is 0 Å². The maximum absolute atomic E-state index is 3.92. The van der Waals surface area contributed by atoms with Crippen LogP contribution in [0, 0.1) is 5.92 Å². The van der Waals surface area contributed by atoms with E-state index in [0.29, 0.717) is 6.04 Å². The van der Waals surface area contributed by atoms with Crippen molar-refractivity contribution in [2.24, 2.45) is 5.92 Å². The van der Waals surface area contributed by atoms with Gasteiger partial charge in [0, 0.05) is 18.4 Å². The number of hydrogen-bond donors (Lipinski definition) is 1. The topological polar surface area (TPSA) is 15.0 Å². The minimum Gasteiger partial charge on any atom is -0.316 e. The highest BCUT2D eigenvalue weighted by Crippen LogP contribution is 2.11. The lowest BCUT2D eigenvalue weighted by Gasteiger charge is -2.25. The van der Waals surface area contributed by atoms with Crippen LogP contribution in [0.3, 0.4) is 0 Å². The third-order valence-corrected chi connectivity index (χ3v) is 2.36. The maximum atomic E-state index is 3.92. The van der Waals surface area contributed by atoms with E-state index in [2.05, 4.69) is 23.5 Å². The molecule has 0 bridgehead atoms. The Kier molecular flexibility index (Phi) is 2.44. The van der Waals surface area contributed by atoms with Crippen LogP contribution in [-0.2, 0) is 0 Å². The Bertz CT molecular complexity index is 131. The molecular formula is C8H17N2+. The molecular weight excluding hydrogens is 124 g/mol.